The molecule has 1 aliphatic heterocycles. The summed E-state index contributed by atoms with van der Waals surface area (Å²) in [5.74, 6) is 0.113. The number of hydrogen-bond donors (Lipinski definition) is 2. The number of hydrogen-bond acceptors (Lipinski definition) is 3. The molecular weight excluding hydrogens is 427 g/mol. The van der Waals surface area contributed by atoms with Crippen molar-refractivity contribution in [2.24, 2.45) is 0 Å². The number of nitrogens with one attached hydrogen (secondary N) is 2. The molecule has 150 valence electrons. The lowest BCUT2D eigenvalue weighted by atomic mass is 10.1. The highest BCUT2D eigenvalue weighted by Crippen LogP contribution is 2.21. The van der Waals surface area contributed by atoms with E-state index in [0.29, 0.717) is 11.0 Å². The number of rotatable bonds is 8. The zero-order valence-electron chi connectivity index (χ0n) is 15.8. The van der Waals surface area contributed by atoms with Crippen LogP contribution in [0.3, 0.4) is 0 Å². The van der Waals surface area contributed by atoms with Crippen molar-refractivity contribution in [1.29, 1.82) is 0 Å². The first-order valence-corrected chi connectivity index (χ1v) is 10.2. The van der Waals surface area contributed by atoms with Gasteiger partial charge < -0.3 is 19.7 Å². The van der Waals surface area contributed by atoms with Gasteiger partial charge in [-0.2, -0.15) is 0 Å². The maximum absolute atomic E-state index is 13.8. The molecule has 2 aromatic rings. The summed E-state index contributed by atoms with van der Waals surface area (Å²) >= 11 is 3.20. The fourth-order valence-corrected chi connectivity index (χ4v) is 3.85. The maximum atomic E-state index is 13.8. The van der Waals surface area contributed by atoms with Crippen LogP contribution in [0, 0.1) is 5.82 Å². The first-order valence-electron chi connectivity index (χ1n) is 9.40. The van der Waals surface area contributed by atoms with Crippen LogP contribution in [0.2, 0.25) is 0 Å². The Morgan fingerprint density at radius 2 is 1.93 bits per heavy atom. The molecule has 1 fully saturated rings. The molecule has 1 amide bonds. The fourth-order valence-electron chi connectivity index (χ4n) is 3.51. The number of ether oxygens (including phenoxy) is 2. The Morgan fingerprint density at radius 3 is 2.57 bits per heavy atom. The van der Waals surface area contributed by atoms with Crippen molar-refractivity contribution in [3.63, 3.8) is 0 Å². The van der Waals surface area contributed by atoms with E-state index in [1.54, 1.807) is 13.2 Å². The van der Waals surface area contributed by atoms with Crippen molar-refractivity contribution in [1.82, 2.24) is 5.32 Å². The molecule has 0 spiro atoms. The van der Waals surface area contributed by atoms with Gasteiger partial charge in [0.1, 0.15) is 11.8 Å². The summed E-state index contributed by atoms with van der Waals surface area (Å²) in [5, 5.41) is 2.94. The molecule has 3 rings (SSSR count). The Kier molecular flexibility index (Phi) is 7.28. The summed E-state index contributed by atoms with van der Waals surface area (Å²) < 4.78 is 25.0. The third-order valence-electron chi connectivity index (χ3n) is 5.01. The number of halogens is 2. The normalized spacial score (nSPS) is 15.2. The highest BCUT2D eigenvalue weighted by Gasteiger charge is 2.27. The molecule has 0 bridgehead atoms. The van der Waals surface area contributed by atoms with Crippen LogP contribution in [0.1, 0.15) is 24.4 Å². The Morgan fingerprint density at radius 1 is 1.21 bits per heavy atom. The molecule has 0 radical (unpaired) electrons. The maximum Gasteiger partial charge on any atom is 0.258 e. The van der Waals surface area contributed by atoms with Gasteiger partial charge in [0, 0.05) is 22.9 Å². The molecule has 1 aliphatic rings. The molecule has 2 N–H and O–H groups in total. The molecular formula is C21H25BrFN2O3+. The van der Waals surface area contributed by atoms with E-state index in [0.717, 1.165) is 24.4 Å². The van der Waals surface area contributed by atoms with Gasteiger partial charge in [-0.05, 0) is 42.5 Å². The summed E-state index contributed by atoms with van der Waals surface area (Å²) in [6.07, 6.45) is 2.39. The number of amides is 1. The van der Waals surface area contributed by atoms with Crippen LogP contribution in [0.4, 0.5) is 4.39 Å². The first kappa shape index (κ1) is 20.6. The summed E-state index contributed by atoms with van der Waals surface area (Å²) in [7, 11) is 1.65. The van der Waals surface area contributed by atoms with Gasteiger partial charge in [0.25, 0.3) is 5.91 Å². The number of methoxy groups -OCH3 is 1. The van der Waals surface area contributed by atoms with Crippen LogP contribution in [-0.4, -0.2) is 39.3 Å². The van der Waals surface area contributed by atoms with E-state index in [4.69, 9.17) is 9.47 Å². The van der Waals surface area contributed by atoms with Crippen molar-refractivity contribution < 1.29 is 23.6 Å². The van der Waals surface area contributed by atoms with Crippen LogP contribution < -0.4 is 19.7 Å². The largest absolute Gasteiger partial charge is 0.497 e. The number of benzene rings is 2. The van der Waals surface area contributed by atoms with E-state index in [1.807, 2.05) is 12.1 Å². The minimum atomic E-state index is -0.500. The molecule has 5 nitrogen and oxygen atoms in total. The average molecular weight is 452 g/mol. The SMILES string of the molecule is COc1ccc([C@@H](CNC(=O)COc2ccc(Br)cc2F)[NH+]2CCCC2)cc1. The number of carbonyl (C=O) groups is 1. The summed E-state index contributed by atoms with van der Waals surface area (Å²) in [6, 6.07) is 12.6. The Bertz CT molecular complexity index is 795. The van der Waals surface area contributed by atoms with Crippen LogP contribution in [-0.2, 0) is 4.79 Å². The van der Waals surface area contributed by atoms with Gasteiger partial charge >= 0.3 is 0 Å². The van der Waals surface area contributed by atoms with E-state index in [2.05, 4.69) is 33.4 Å². The second kappa shape index (κ2) is 9.89. The average Bonchev–Trinajstić information content (AvgIpc) is 3.22. The van der Waals surface area contributed by atoms with Crippen molar-refractivity contribution in [3.8, 4) is 11.5 Å². The third-order valence-corrected chi connectivity index (χ3v) is 5.51. The number of carbonyl (C=O) groups excluding carboxylic acids is 1. The highest BCUT2D eigenvalue weighted by atomic mass is 79.9. The predicted molar refractivity (Wildman–Crippen MR) is 108 cm³/mol. The summed E-state index contributed by atoms with van der Waals surface area (Å²) in [5.41, 5.74) is 1.16. The molecule has 0 aliphatic carbocycles. The van der Waals surface area contributed by atoms with Gasteiger partial charge in [-0.1, -0.05) is 15.9 Å². The lowest BCUT2D eigenvalue weighted by Gasteiger charge is -2.25. The summed E-state index contributed by atoms with van der Waals surface area (Å²) in [6.45, 7) is 2.47. The number of likely N-dealkylation sites (tertiary alicyclic amines) is 1. The topological polar surface area (TPSA) is 52.0 Å². The van der Waals surface area contributed by atoms with Gasteiger partial charge in [-0.25, -0.2) is 4.39 Å². The Hall–Kier alpha value is -2.12. The molecule has 2 aromatic carbocycles. The van der Waals surface area contributed by atoms with Crippen molar-refractivity contribution in [2.45, 2.75) is 18.9 Å². The third kappa shape index (κ3) is 5.45. The van der Waals surface area contributed by atoms with Crippen molar-refractivity contribution in [2.75, 3.05) is 33.4 Å². The Balaban J connectivity index is 1.58. The molecule has 7 heteroatoms. The summed E-state index contributed by atoms with van der Waals surface area (Å²) in [4.78, 5) is 13.7. The van der Waals surface area contributed by atoms with Crippen LogP contribution in [0.25, 0.3) is 0 Å². The van der Waals surface area contributed by atoms with Crippen LogP contribution in [0.15, 0.2) is 46.9 Å². The quantitative estimate of drug-likeness (QED) is 0.648. The van der Waals surface area contributed by atoms with Gasteiger partial charge in [-0.3, -0.25) is 4.79 Å². The zero-order chi connectivity index (χ0) is 19.9. The van der Waals surface area contributed by atoms with Crippen molar-refractivity contribution >= 4 is 21.8 Å². The molecule has 0 saturated carbocycles. The number of quaternary nitrogens is 1. The fraction of sp³-hybridized carbons (Fsp3) is 0.381. The monoisotopic (exact) mass is 451 g/mol. The lowest BCUT2D eigenvalue weighted by Crippen LogP contribution is -3.11. The predicted octanol–water partition coefficient (Wildman–Crippen LogP) is 2.51. The molecule has 0 aromatic heterocycles. The minimum absolute atomic E-state index is 0.0650. The van der Waals surface area contributed by atoms with Crippen LogP contribution >= 0.6 is 15.9 Å². The van der Waals surface area contributed by atoms with Gasteiger partial charge in [0.05, 0.1) is 26.7 Å². The van der Waals surface area contributed by atoms with E-state index in [1.165, 1.54) is 29.9 Å². The van der Waals surface area contributed by atoms with E-state index in [-0.39, 0.29) is 24.3 Å². The van der Waals surface area contributed by atoms with Gasteiger partial charge in [0.15, 0.2) is 18.2 Å². The zero-order valence-corrected chi connectivity index (χ0v) is 17.4. The standard InChI is InChI=1S/C21H24BrFN2O3/c1-27-17-7-4-15(5-8-17)19(25-10-2-3-11-25)13-24-21(26)14-28-20-9-6-16(22)12-18(20)23/h4-9,12,19H,2-3,10-11,13-14H2,1H3,(H,24,26)/p+1/t19-/m1/s1. The first-order chi connectivity index (χ1) is 13.6. The minimum Gasteiger partial charge on any atom is -0.497 e. The molecule has 1 saturated heterocycles. The van der Waals surface area contributed by atoms with E-state index in [9.17, 15) is 9.18 Å². The second-order valence-electron chi connectivity index (χ2n) is 6.86. The molecule has 1 atom stereocenters. The molecule has 0 unspecified atom stereocenters. The van der Waals surface area contributed by atoms with E-state index < -0.39 is 5.82 Å². The van der Waals surface area contributed by atoms with E-state index >= 15 is 0 Å². The highest BCUT2D eigenvalue weighted by molar-refractivity contribution is 9.10. The Labute approximate surface area is 172 Å². The van der Waals surface area contributed by atoms with Gasteiger partial charge in [0.2, 0.25) is 0 Å². The molecule has 1 heterocycles. The van der Waals surface area contributed by atoms with Gasteiger partial charge in [-0.15, -0.1) is 0 Å². The molecule has 28 heavy (non-hydrogen) atoms. The lowest BCUT2D eigenvalue weighted by molar-refractivity contribution is -0.918. The van der Waals surface area contributed by atoms with Crippen LogP contribution in [0.5, 0.6) is 11.5 Å². The second-order valence-corrected chi connectivity index (χ2v) is 7.77. The van der Waals surface area contributed by atoms with Crippen molar-refractivity contribution in [3.05, 3.63) is 58.3 Å². The smallest absolute Gasteiger partial charge is 0.258 e.